The second-order valence-electron chi connectivity index (χ2n) is 15.8. The van der Waals surface area contributed by atoms with Crippen LogP contribution in [0.1, 0.15) is 0 Å². The highest BCUT2D eigenvalue weighted by Gasteiger charge is 2.28. The van der Waals surface area contributed by atoms with E-state index in [2.05, 4.69) is 172 Å². The largest absolute Gasteiger partial charge is 0.310 e. The molecule has 0 aromatic heterocycles. The highest BCUT2D eigenvalue weighted by Crippen LogP contribution is 2.51. The summed E-state index contributed by atoms with van der Waals surface area (Å²) < 4.78 is 18.3. The van der Waals surface area contributed by atoms with Crippen LogP contribution in [-0.2, 0) is 0 Å². The summed E-state index contributed by atoms with van der Waals surface area (Å²) in [5, 5.41) is 0.953. The zero-order chi connectivity index (χ0) is 45.5. The lowest BCUT2D eigenvalue weighted by Crippen LogP contribution is -2.18. The first kappa shape index (κ1) is 43.4. The van der Waals surface area contributed by atoms with Crippen molar-refractivity contribution in [3.63, 3.8) is 0 Å². The summed E-state index contributed by atoms with van der Waals surface area (Å²) in [6, 6.07) is 85.9. The average molecular weight is 927 g/mol. The Morgan fingerprint density at radius 1 is 0.328 bits per heavy atom. The number of rotatable bonds is 13. The second-order valence-corrected chi connectivity index (χ2v) is 17.8. The molecule has 0 unspecified atom stereocenters. The lowest BCUT2D eigenvalue weighted by Gasteiger charge is -2.34. The minimum Gasteiger partial charge on any atom is -0.310 e. The number of halogens is 3. The molecule has 0 aliphatic heterocycles. The van der Waals surface area contributed by atoms with Gasteiger partial charge in [-0.3, -0.25) is 0 Å². The van der Waals surface area contributed by atoms with Crippen molar-refractivity contribution in [3.8, 4) is 22.3 Å². The van der Waals surface area contributed by atoms with Crippen molar-refractivity contribution in [2.75, 3.05) is 14.7 Å². The van der Waals surface area contributed by atoms with E-state index < -0.39 is 5.82 Å². The minimum atomic E-state index is -0.400. The number of anilines is 9. The van der Waals surface area contributed by atoms with Gasteiger partial charge in [-0.25, -0.2) is 4.39 Å². The van der Waals surface area contributed by atoms with Crippen molar-refractivity contribution in [1.29, 1.82) is 0 Å². The van der Waals surface area contributed by atoms with E-state index in [4.69, 9.17) is 23.2 Å². The molecule has 0 aliphatic rings. The minimum absolute atomic E-state index is 0.360. The summed E-state index contributed by atoms with van der Waals surface area (Å²) in [6.45, 7) is 0. The Bertz CT molecular complexity index is 3000. The van der Waals surface area contributed by atoms with Crippen LogP contribution in [0.2, 0.25) is 10.0 Å². The van der Waals surface area contributed by atoms with Crippen molar-refractivity contribution in [1.82, 2.24) is 0 Å². The summed E-state index contributed by atoms with van der Waals surface area (Å²) in [4.78, 5) is 7.76. The van der Waals surface area contributed by atoms with E-state index in [0.717, 1.165) is 72.6 Å². The van der Waals surface area contributed by atoms with Crippen molar-refractivity contribution in [2.45, 2.75) is 9.79 Å². The molecule has 0 aliphatic carbocycles. The molecule has 67 heavy (non-hydrogen) atoms. The smallest absolute Gasteiger partial charge is 0.161 e. The molecule has 10 rings (SSSR count). The molecule has 0 bridgehead atoms. The Labute approximate surface area is 405 Å². The maximum atomic E-state index is 18.3. The third-order valence-corrected chi connectivity index (χ3v) is 12.8. The van der Waals surface area contributed by atoms with Gasteiger partial charge in [0.15, 0.2) is 5.82 Å². The van der Waals surface area contributed by atoms with Gasteiger partial charge in [0.2, 0.25) is 0 Å². The van der Waals surface area contributed by atoms with Crippen LogP contribution in [0.25, 0.3) is 22.3 Å². The summed E-state index contributed by atoms with van der Waals surface area (Å²) >= 11 is 14.3. The number of nitrogens with zero attached hydrogens (tertiary/aromatic N) is 3. The Balaban J connectivity index is 1.32. The van der Waals surface area contributed by atoms with E-state index in [1.807, 2.05) is 72.8 Å². The van der Waals surface area contributed by atoms with Gasteiger partial charge in [0, 0.05) is 48.8 Å². The topological polar surface area (TPSA) is 9.72 Å². The van der Waals surface area contributed by atoms with E-state index in [0.29, 0.717) is 20.6 Å². The fourth-order valence-electron chi connectivity index (χ4n) is 8.51. The average Bonchev–Trinajstić information content (AvgIpc) is 3.37. The molecule has 3 nitrogen and oxygen atoms in total. The molecule has 7 heteroatoms. The molecule has 324 valence electrons. The van der Waals surface area contributed by atoms with Gasteiger partial charge in [0.1, 0.15) is 0 Å². The molecule has 0 saturated heterocycles. The predicted octanol–water partition coefficient (Wildman–Crippen LogP) is 19.0. The molecule has 0 amide bonds. The Kier molecular flexibility index (Phi) is 12.9. The third-order valence-electron chi connectivity index (χ3n) is 11.4. The highest BCUT2D eigenvalue weighted by molar-refractivity contribution is 7.99. The fourth-order valence-corrected chi connectivity index (χ4v) is 10.1. The summed E-state index contributed by atoms with van der Waals surface area (Å²) in [5.74, 6) is -0.400. The molecule has 0 spiro atoms. The van der Waals surface area contributed by atoms with E-state index >= 15 is 4.39 Å². The lowest BCUT2D eigenvalue weighted by atomic mass is 9.94. The van der Waals surface area contributed by atoms with Gasteiger partial charge < -0.3 is 14.7 Å². The first-order valence-electron chi connectivity index (χ1n) is 21.9. The van der Waals surface area contributed by atoms with Crippen LogP contribution in [0, 0.1) is 5.82 Å². The van der Waals surface area contributed by atoms with Crippen LogP contribution >= 0.6 is 35.0 Å². The van der Waals surface area contributed by atoms with E-state index in [1.54, 1.807) is 24.3 Å². The first-order chi connectivity index (χ1) is 33.0. The molecule has 0 heterocycles. The SMILES string of the molecule is Fc1c(Sc2cc(Cl)cc(Cl)c2)cccc1N(c1cc(N(c2ccccc2)c2ccccc2)cc(N(c2ccccc2)c2ccccc2)c1)c1c(-c2ccccc2)cccc1-c1ccccc1. The molecule has 0 radical (unpaired) electrons. The van der Waals surface area contributed by atoms with Crippen LogP contribution in [-0.4, -0.2) is 0 Å². The maximum absolute atomic E-state index is 18.3. The normalized spacial score (nSPS) is 11.0. The first-order valence-corrected chi connectivity index (χ1v) is 23.5. The number of para-hydroxylation sites is 5. The van der Waals surface area contributed by atoms with Gasteiger partial charge in [-0.05, 0) is 108 Å². The van der Waals surface area contributed by atoms with Crippen molar-refractivity contribution >= 4 is 86.2 Å². The van der Waals surface area contributed by atoms with Gasteiger partial charge in [-0.15, -0.1) is 0 Å². The third kappa shape index (κ3) is 9.45. The Morgan fingerprint density at radius 2 is 0.687 bits per heavy atom. The molecule has 0 fully saturated rings. The van der Waals surface area contributed by atoms with Crippen molar-refractivity contribution in [2.24, 2.45) is 0 Å². The summed E-state index contributed by atoms with van der Waals surface area (Å²) in [5.41, 5.74) is 11.3. The monoisotopic (exact) mass is 925 g/mol. The molecule has 0 atom stereocenters. The summed E-state index contributed by atoms with van der Waals surface area (Å²) in [7, 11) is 0. The van der Waals surface area contributed by atoms with Gasteiger partial charge in [0.25, 0.3) is 0 Å². The second kappa shape index (κ2) is 19.9. The van der Waals surface area contributed by atoms with Crippen LogP contribution < -0.4 is 14.7 Å². The Morgan fingerprint density at radius 3 is 1.09 bits per heavy atom. The zero-order valence-electron chi connectivity index (χ0n) is 36.1. The van der Waals surface area contributed by atoms with Crippen molar-refractivity contribution in [3.05, 3.63) is 271 Å². The van der Waals surface area contributed by atoms with E-state index in [1.165, 1.54) is 11.8 Å². The number of benzene rings is 10. The molecule has 0 saturated carbocycles. The Hall–Kier alpha value is -7.54. The predicted molar refractivity (Wildman–Crippen MR) is 282 cm³/mol. The molecule has 10 aromatic carbocycles. The van der Waals surface area contributed by atoms with Crippen LogP contribution in [0.15, 0.2) is 265 Å². The summed E-state index contributed by atoms with van der Waals surface area (Å²) in [6.07, 6.45) is 0. The van der Waals surface area contributed by atoms with Gasteiger partial charge in [-0.1, -0.05) is 193 Å². The van der Waals surface area contributed by atoms with Crippen LogP contribution in [0.3, 0.4) is 0 Å². The number of hydrogen-bond acceptors (Lipinski definition) is 4. The van der Waals surface area contributed by atoms with Crippen molar-refractivity contribution < 1.29 is 4.39 Å². The fraction of sp³-hybridized carbons (Fsp3) is 0. The lowest BCUT2D eigenvalue weighted by molar-refractivity contribution is 0.603. The number of hydrogen-bond donors (Lipinski definition) is 0. The van der Waals surface area contributed by atoms with Crippen LogP contribution in [0.5, 0.6) is 0 Å². The quantitative estimate of drug-likeness (QED) is 0.114. The van der Waals surface area contributed by atoms with Gasteiger partial charge in [0.05, 0.1) is 33.3 Å². The standard InChI is InChI=1S/C60H42Cl2FN3S/c61-45-37-46(62)39-54(38-45)67-58-36-20-35-57(59(58)63)66(60-55(43-21-7-1-8-22-43)33-19-34-56(60)44-23-9-2-10-24-44)53-41-51(64(47-25-11-3-12-26-47)48-27-13-4-14-28-48)40-52(42-53)65(49-29-15-5-16-30-49)50-31-17-6-18-32-50/h1-42H. The van der Waals surface area contributed by atoms with Gasteiger partial charge >= 0.3 is 0 Å². The highest BCUT2D eigenvalue weighted by atomic mass is 35.5. The molecular formula is C60H42Cl2FN3S. The zero-order valence-corrected chi connectivity index (χ0v) is 38.5. The van der Waals surface area contributed by atoms with Crippen LogP contribution in [0.4, 0.5) is 55.6 Å². The maximum Gasteiger partial charge on any atom is 0.161 e. The van der Waals surface area contributed by atoms with E-state index in [9.17, 15) is 0 Å². The van der Waals surface area contributed by atoms with E-state index in [-0.39, 0.29) is 0 Å². The molecule has 10 aromatic rings. The van der Waals surface area contributed by atoms with Gasteiger partial charge in [-0.2, -0.15) is 0 Å². The molecule has 0 N–H and O–H groups in total. The molecular weight excluding hydrogens is 885 g/mol.